The number of benzene rings is 1. The van der Waals surface area contributed by atoms with Gasteiger partial charge in [0.2, 0.25) is 5.43 Å². The predicted octanol–water partition coefficient (Wildman–Crippen LogP) is 3.85. The van der Waals surface area contributed by atoms with Crippen LogP contribution in [-0.2, 0) is 17.9 Å². The maximum atomic E-state index is 16.0. The van der Waals surface area contributed by atoms with Gasteiger partial charge < -0.3 is 28.8 Å². The molecule has 11 heteroatoms. The van der Waals surface area contributed by atoms with Gasteiger partial charge in [0.15, 0.2) is 18.4 Å². The molecule has 10 nitrogen and oxygen atoms in total. The van der Waals surface area contributed by atoms with Crippen LogP contribution in [0.4, 0.5) is 10.1 Å². The van der Waals surface area contributed by atoms with Crippen LogP contribution >= 0.6 is 0 Å². The van der Waals surface area contributed by atoms with Crippen molar-refractivity contribution in [1.82, 2.24) is 14.5 Å². The van der Waals surface area contributed by atoms with E-state index in [0.717, 1.165) is 54.8 Å². The monoisotopic (exact) mass is 564 g/mol. The van der Waals surface area contributed by atoms with Gasteiger partial charge in [-0.05, 0) is 56.7 Å². The standard InChI is InChI=1S/C30H33FN4O6/c1-16-28-22(14-40-15-41-28)18(9-32-16)11-33-7-3-4-17-10-34(13-24(17)33)26-23(31)8-20-25(29(26)39-2)35(19-5-6-19)12-21(27(20)36)30(37)38/h8-9,12,17,19,24H,3-7,10-11,13-15H2,1-2H3,(H,37,38). The molecule has 5 heterocycles. The number of ether oxygens (including phenoxy) is 3. The number of carboxylic acids is 1. The fraction of sp³-hybridized carbons (Fsp3) is 0.500. The minimum absolute atomic E-state index is 0.0363. The SMILES string of the molecule is COc1c(N2CC3CCCN(Cc4cnc(C)c5c4COCO5)C3C2)c(F)cc2c(=O)c(C(=O)O)cn(C3CC3)c12. The van der Waals surface area contributed by atoms with Gasteiger partial charge in [-0.3, -0.25) is 14.7 Å². The first kappa shape index (κ1) is 26.2. The van der Waals surface area contributed by atoms with E-state index in [4.69, 9.17) is 14.2 Å². The third-order valence-electron chi connectivity index (χ3n) is 9.10. The van der Waals surface area contributed by atoms with E-state index >= 15 is 4.39 Å². The van der Waals surface area contributed by atoms with Gasteiger partial charge in [-0.25, -0.2) is 9.18 Å². The molecule has 3 aromatic rings. The van der Waals surface area contributed by atoms with E-state index in [2.05, 4.69) is 9.88 Å². The van der Waals surface area contributed by atoms with E-state index in [0.29, 0.717) is 43.4 Å². The zero-order valence-corrected chi connectivity index (χ0v) is 23.2. The van der Waals surface area contributed by atoms with Crippen LogP contribution < -0.4 is 19.8 Å². The normalized spacial score (nSPS) is 22.4. The molecule has 7 rings (SSSR count). The molecular formula is C30H33FN4O6. The number of likely N-dealkylation sites (tertiary alicyclic amines) is 1. The number of hydrogen-bond donors (Lipinski definition) is 1. The third-order valence-corrected chi connectivity index (χ3v) is 9.10. The summed E-state index contributed by atoms with van der Waals surface area (Å²) in [5.74, 6) is -0.456. The van der Waals surface area contributed by atoms with E-state index in [1.54, 1.807) is 4.57 Å². The summed E-state index contributed by atoms with van der Waals surface area (Å²) in [6.07, 6.45) is 7.12. The largest absolute Gasteiger partial charge is 0.492 e. The Kier molecular flexibility index (Phi) is 6.39. The lowest BCUT2D eigenvalue weighted by molar-refractivity contribution is -0.0183. The third kappa shape index (κ3) is 4.33. The number of methoxy groups -OCH3 is 1. The maximum Gasteiger partial charge on any atom is 0.341 e. The Morgan fingerprint density at radius 2 is 2.10 bits per heavy atom. The lowest BCUT2D eigenvalue weighted by atomic mass is 9.91. The lowest BCUT2D eigenvalue weighted by Crippen LogP contribution is -2.44. The van der Waals surface area contributed by atoms with Gasteiger partial charge in [-0.1, -0.05) is 0 Å². The van der Waals surface area contributed by atoms with Crippen molar-refractivity contribution in [3.05, 3.63) is 56.9 Å². The van der Waals surface area contributed by atoms with Crippen molar-refractivity contribution < 1.29 is 28.5 Å². The zero-order valence-electron chi connectivity index (χ0n) is 23.2. The Balaban J connectivity index is 1.25. The highest BCUT2D eigenvalue weighted by molar-refractivity contribution is 5.97. The van der Waals surface area contributed by atoms with Crippen LogP contribution in [0.25, 0.3) is 10.9 Å². The lowest BCUT2D eigenvalue weighted by Gasteiger charge is -2.37. The number of fused-ring (bicyclic) bond motifs is 3. The molecule has 3 aliphatic heterocycles. The molecule has 216 valence electrons. The summed E-state index contributed by atoms with van der Waals surface area (Å²) in [5.41, 5.74) is 2.73. The number of halogens is 1. The predicted molar refractivity (Wildman–Crippen MR) is 148 cm³/mol. The van der Waals surface area contributed by atoms with Crippen LogP contribution in [0.1, 0.15) is 58.9 Å². The number of pyridine rings is 2. The molecule has 4 aliphatic rings. The van der Waals surface area contributed by atoms with Crippen LogP contribution in [0.15, 0.2) is 23.3 Å². The van der Waals surface area contributed by atoms with E-state index in [9.17, 15) is 14.7 Å². The van der Waals surface area contributed by atoms with Gasteiger partial charge in [-0.2, -0.15) is 0 Å². The average Bonchev–Trinajstić information content (AvgIpc) is 3.72. The Labute approximate surface area is 236 Å². The Bertz CT molecular complexity index is 1620. The highest BCUT2D eigenvalue weighted by Gasteiger charge is 2.42. The second kappa shape index (κ2) is 9.99. The molecule has 2 unspecified atom stereocenters. The van der Waals surface area contributed by atoms with Gasteiger partial charge in [0, 0.05) is 49.7 Å². The minimum Gasteiger partial charge on any atom is -0.492 e. The number of rotatable bonds is 6. The number of carbonyl (C=O) groups is 1. The molecule has 2 atom stereocenters. The molecule has 0 spiro atoms. The molecule has 1 N–H and O–H groups in total. The summed E-state index contributed by atoms with van der Waals surface area (Å²) in [6, 6.07) is 1.46. The van der Waals surface area contributed by atoms with E-state index < -0.39 is 17.2 Å². The molecule has 41 heavy (non-hydrogen) atoms. The molecule has 2 saturated heterocycles. The summed E-state index contributed by atoms with van der Waals surface area (Å²) in [6.45, 7) is 5.57. The van der Waals surface area contributed by atoms with Crippen molar-refractivity contribution >= 4 is 22.6 Å². The number of aromatic nitrogens is 2. The quantitative estimate of drug-likeness (QED) is 0.478. The number of anilines is 1. The average molecular weight is 565 g/mol. The summed E-state index contributed by atoms with van der Waals surface area (Å²) in [5, 5.41) is 9.67. The first-order valence-electron chi connectivity index (χ1n) is 14.2. The fourth-order valence-electron chi connectivity index (χ4n) is 7.00. The molecule has 1 aliphatic carbocycles. The van der Waals surface area contributed by atoms with Gasteiger partial charge in [0.25, 0.3) is 0 Å². The summed E-state index contributed by atoms with van der Waals surface area (Å²) in [7, 11) is 1.48. The first-order chi connectivity index (χ1) is 19.9. The Morgan fingerprint density at radius 3 is 2.85 bits per heavy atom. The van der Waals surface area contributed by atoms with Crippen LogP contribution in [0.2, 0.25) is 0 Å². The maximum absolute atomic E-state index is 16.0. The molecule has 0 radical (unpaired) electrons. The van der Waals surface area contributed by atoms with Crippen molar-refractivity contribution in [3.8, 4) is 11.5 Å². The van der Waals surface area contributed by atoms with E-state index in [-0.39, 0.29) is 35.6 Å². The van der Waals surface area contributed by atoms with Crippen molar-refractivity contribution in [3.63, 3.8) is 0 Å². The van der Waals surface area contributed by atoms with Crippen LogP contribution in [0.3, 0.4) is 0 Å². The second-order valence-corrected chi connectivity index (χ2v) is 11.6. The highest BCUT2D eigenvalue weighted by Crippen LogP contribution is 2.46. The number of aromatic carboxylic acids is 1. The highest BCUT2D eigenvalue weighted by atomic mass is 19.1. The van der Waals surface area contributed by atoms with Crippen LogP contribution in [-0.4, -0.2) is 65.1 Å². The topological polar surface area (TPSA) is 106 Å². The molecule has 0 amide bonds. The minimum atomic E-state index is -1.32. The van der Waals surface area contributed by atoms with Gasteiger partial charge in [0.1, 0.15) is 17.0 Å². The number of aryl methyl sites for hydroxylation is 1. The van der Waals surface area contributed by atoms with Crippen LogP contribution in [0, 0.1) is 18.7 Å². The van der Waals surface area contributed by atoms with Gasteiger partial charge in [0.05, 0.1) is 30.3 Å². The molecular weight excluding hydrogens is 531 g/mol. The smallest absolute Gasteiger partial charge is 0.341 e. The van der Waals surface area contributed by atoms with E-state index in [1.807, 2.05) is 18.0 Å². The number of carboxylic acid groups (broad SMARTS) is 1. The van der Waals surface area contributed by atoms with Crippen molar-refractivity contribution in [2.75, 3.05) is 38.4 Å². The zero-order chi connectivity index (χ0) is 28.4. The Morgan fingerprint density at radius 1 is 1.27 bits per heavy atom. The second-order valence-electron chi connectivity index (χ2n) is 11.6. The molecule has 0 bridgehead atoms. The summed E-state index contributed by atoms with van der Waals surface area (Å²) < 4.78 is 34.9. The number of piperidine rings is 1. The van der Waals surface area contributed by atoms with Crippen molar-refractivity contribution in [1.29, 1.82) is 0 Å². The van der Waals surface area contributed by atoms with Gasteiger partial charge in [-0.15, -0.1) is 0 Å². The molecule has 2 aromatic heterocycles. The summed E-state index contributed by atoms with van der Waals surface area (Å²) in [4.78, 5) is 34.0. The van der Waals surface area contributed by atoms with E-state index in [1.165, 1.54) is 19.4 Å². The van der Waals surface area contributed by atoms with Crippen LogP contribution in [0.5, 0.6) is 11.5 Å². The van der Waals surface area contributed by atoms with Crippen molar-refractivity contribution in [2.24, 2.45) is 5.92 Å². The van der Waals surface area contributed by atoms with Crippen molar-refractivity contribution in [2.45, 2.75) is 57.8 Å². The Hall–Kier alpha value is -3.70. The van der Waals surface area contributed by atoms with Gasteiger partial charge >= 0.3 is 5.97 Å². The number of hydrogen-bond acceptors (Lipinski definition) is 8. The molecule has 3 fully saturated rings. The molecule has 1 aromatic carbocycles. The fourth-order valence-corrected chi connectivity index (χ4v) is 7.00. The molecule has 1 saturated carbocycles. The summed E-state index contributed by atoms with van der Waals surface area (Å²) >= 11 is 0. The first-order valence-corrected chi connectivity index (χ1v) is 14.2. The number of nitrogens with zero attached hydrogens (tertiary/aromatic N) is 4.